The zero-order valence-corrected chi connectivity index (χ0v) is 12.8. The molecule has 5 nitrogen and oxygen atoms in total. The largest absolute Gasteiger partial charge is 0.494 e. The number of para-hydroxylation sites is 1. The number of piperazine rings is 1. The van der Waals surface area contributed by atoms with Crippen molar-refractivity contribution < 1.29 is 14.6 Å². The van der Waals surface area contributed by atoms with E-state index < -0.39 is 12.0 Å². The first kappa shape index (κ1) is 15.8. The Morgan fingerprint density at radius 3 is 2.57 bits per heavy atom. The van der Waals surface area contributed by atoms with Gasteiger partial charge in [0.15, 0.2) is 0 Å². The van der Waals surface area contributed by atoms with Crippen LogP contribution >= 0.6 is 0 Å². The molecule has 1 saturated heterocycles. The van der Waals surface area contributed by atoms with E-state index in [1.165, 1.54) is 5.56 Å². The predicted molar refractivity (Wildman–Crippen MR) is 81.6 cm³/mol. The number of hydrogen-bond donors (Lipinski definition) is 1. The van der Waals surface area contributed by atoms with Gasteiger partial charge in [-0.25, -0.2) is 0 Å². The van der Waals surface area contributed by atoms with E-state index in [1.54, 1.807) is 6.92 Å². The van der Waals surface area contributed by atoms with Crippen LogP contribution in [0.2, 0.25) is 0 Å². The molecule has 1 fully saturated rings. The lowest BCUT2D eigenvalue weighted by molar-refractivity contribution is -0.143. The van der Waals surface area contributed by atoms with Gasteiger partial charge in [0.2, 0.25) is 0 Å². The Morgan fingerprint density at radius 1 is 1.29 bits per heavy atom. The fourth-order valence-corrected chi connectivity index (χ4v) is 2.64. The highest BCUT2D eigenvalue weighted by molar-refractivity contribution is 5.72. The third-order valence-electron chi connectivity index (χ3n) is 3.98. The fraction of sp³-hybridized carbons (Fsp3) is 0.562. The molecular formula is C16H24N2O3. The van der Waals surface area contributed by atoms with Gasteiger partial charge in [0.05, 0.1) is 6.61 Å². The maximum absolute atomic E-state index is 11.0. The monoisotopic (exact) mass is 292 g/mol. The summed E-state index contributed by atoms with van der Waals surface area (Å²) in [4.78, 5) is 15.4. The van der Waals surface area contributed by atoms with Gasteiger partial charge in [0.1, 0.15) is 11.8 Å². The summed E-state index contributed by atoms with van der Waals surface area (Å²) < 4.78 is 5.65. The van der Waals surface area contributed by atoms with Gasteiger partial charge in [-0.05, 0) is 19.9 Å². The number of benzene rings is 1. The van der Waals surface area contributed by atoms with Gasteiger partial charge in [-0.2, -0.15) is 0 Å². The Kier molecular flexibility index (Phi) is 5.59. The van der Waals surface area contributed by atoms with Crippen LogP contribution in [-0.4, -0.2) is 59.7 Å². The van der Waals surface area contributed by atoms with Crippen LogP contribution in [0.1, 0.15) is 19.4 Å². The van der Waals surface area contributed by atoms with Gasteiger partial charge in [-0.15, -0.1) is 0 Å². The maximum Gasteiger partial charge on any atom is 0.320 e. The van der Waals surface area contributed by atoms with Crippen molar-refractivity contribution in [2.24, 2.45) is 0 Å². The molecule has 0 aromatic heterocycles. The second-order valence-corrected chi connectivity index (χ2v) is 5.37. The number of aliphatic carboxylic acids is 1. The standard InChI is InChI=1S/C16H24N2O3/c1-3-21-15-7-5-4-6-14(15)12-17-8-10-18(11-9-17)13(2)16(19)20/h4-7,13H,3,8-12H2,1-2H3,(H,19,20). The summed E-state index contributed by atoms with van der Waals surface area (Å²) in [5.74, 6) is 0.200. The molecular weight excluding hydrogens is 268 g/mol. The Bertz CT molecular complexity index is 470. The third-order valence-corrected chi connectivity index (χ3v) is 3.98. The highest BCUT2D eigenvalue weighted by atomic mass is 16.5. The summed E-state index contributed by atoms with van der Waals surface area (Å²) in [7, 11) is 0. The number of rotatable bonds is 6. The molecule has 1 heterocycles. The van der Waals surface area contributed by atoms with E-state index in [2.05, 4.69) is 11.0 Å². The van der Waals surface area contributed by atoms with Crippen LogP contribution in [-0.2, 0) is 11.3 Å². The number of carbonyl (C=O) groups is 1. The van der Waals surface area contributed by atoms with E-state index in [0.29, 0.717) is 6.61 Å². The quantitative estimate of drug-likeness (QED) is 0.864. The van der Waals surface area contributed by atoms with Crippen molar-refractivity contribution in [2.75, 3.05) is 32.8 Å². The van der Waals surface area contributed by atoms with Crippen LogP contribution in [0.25, 0.3) is 0 Å². The van der Waals surface area contributed by atoms with E-state index in [-0.39, 0.29) is 0 Å². The SMILES string of the molecule is CCOc1ccccc1CN1CCN(C(C)C(=O)O)CC1. The van der Waals surface area contributed by atoms with Gasteiger partial charge in [-0.1, -0.05) is 18.2 Å². The normalized spacial score (nSPS) is 18.4. The molecule has 1 aromatic rings. The maximum atomic E-state index is 11.0. The van der Waals surface area contributed by atoms with Crippen molar-refractivity contribution in [1.82, 2.24) is 9.80 Å². The van der Waals surface area contributed by atoms with Crippen molar-refractivity contribution in [3.63, 3.8) is 0 Å². The smallest absolute Gasteiger partial charge is 0.320 e. The second kappa shape index (κ2) is 7.43. The minimum Gasteiger partial charge on any atom is -0.494 e. The molecule has 0 bridgehead atoms. The van der Waals surface area contributed by atoms with Crippen LogP contribution in [0.3, 0.4) is 0 Å². The highest BCUT2D eigenvalue weighted by Gasteiger charge is 2.25. The van der Waals surface area contributed by atoms with Crippen molar-refractivity contribution in [3.8, 4) is 5.75 Å². The second-order valence-electron chi connectivity index (χ2n) is 5.37. The molecule has 1 aliphatic rings. The minimum atomic E-state index is -0.745. The Balaban J connectivity index is 1.90. The van der Waals surface area contributed by atoms with E-state index in [1.807, 2.05) is 30.0 Å². The van der Waals surface area contributed by atoms with Crippen LogP contribution in [0.15, 0.2) is 24.3 Å². The first-order valence-electron chi connectivity index (χ1n) is 7.51. The van der Waals surface area contributed by atoms with Gasteiger partial charge >= 0.3 is 5.97 Å². The summed E-state index contributed by atoms with van der Waals surface area (Å²) in [6, 6.07) is 7.71. The molecule has 0 radical (unpaired) electrons. The van der Waals surface area contributed by atoms with Crippen molar-refractivity contribution in [1.29, 1.82) is 0 Å². The molecule has 116 valence electrons. The Labute approximate surface area is 126 Å². The van der Waals surface area contributed by atoms with Crippen LogP contribution in [0.5, 0.6) is 5.75 Å². The topological polar surface area (TPSA) is 53.0 Å². The lowest BCUT2D eigenvalue weighted by Crippen LogP contribution is -2.51. The third kappa shape index (κ3) is 4.19. The Hall–Kier alpha value is -1.59. The zero-order valence-electron chi connectivity index (χ0n) is 12.8. The van der Waals surface area contributed by atoms with Crippen LogP contribution in [0.4, 0.5) is 0 Å². The zero-order chi connectivity index (χ0) is 15.2. The fourth-order valence-electron chi connectivity index (χ4n) is 2.64. The molecule has 1 atom stereocenters. The number of carboxylic acid groups (broad SMARTS) is 1. The lowest BCUT2D eigenvalue weighted by atomic mass is 10.1. The summed E-state index contributed by atoms with van der Waals surface area (Å²) >= 11 is 0. The van der Waals surface area contributed by atoms with Gasteiger partial charge in [0.25, 0.3) is 0 Å². The highest BCUT2D eigenvalue weighted by Crippen LogP contribution is 2.20. The summed E-state index contributed by atoms with van der Waals surface area (Å²) in [5, 5.41) is 9.06. The molecule has 5 heteroatoms. The van der Waals surface area contributed by atoms with E-state index in [0.717, 1.165) is 38.5 Å². The summed E-state index contributed by atoms with van der Waals surface area (Å²) in [6.45, 7) is 8.63. The molecule has 1 aliphatic heterocycles. The first-order chi connectivity index (χ1) is 10.1. The average molecular weight is 292 g/mol. The molecule has 0 aliphatic carbocycles. The average Bonchev–Trinajstić information content (AvgIpc) is 2.49. The summed E-state index contributed by atoms with van der Waals surface area (Å²) in [5.41, 5.74) is 1.19. The number of ether oxygens (including phenoxy) is 1. The van der Waals surface area contributed by atoms with Crippen LogP contribution < -0.4 is 4.74 Å². The molecule has 1 aromatic carbocycles. The molecule has 1 unspecified atom stereocenters. The predicted octanol–water partition coefficient (Wildman–Crippen LogP) is 1.68. The molecule has 0 amide bonds. The van der Waals surface area contributed by atoms with Crippen molar-refractivity contribution in [2.45, 2.75) is 26.4 Å². The number of carboxylic acids is 1. The van der Waals surface area contributed by atoms with E-state index in [9.17, 15) is 4.79 Å². The first-order valence-corrected chi connectivity index (χ1v) is 7.51. The number of hydrogen-bond acceptors (Lipinski definition) is 4. The molecule has 0 saturated carbocycles. The lowest BCUT2D eigenvalue weighted by Gasteiger charge is -2.36. The van der Waals surface area contributed by atoms with Crippen LogP contribution in [0, 0.1) is 0 Å². The van der Waals surface area contributed by atoms with E-state index >= 15 is 0 Å². The number of nitrogens with zero attached hydrogens (tertiary/aromatic N) is 2. The van der Waals surface area contributed by atoms with Gasteiger partial charge in [-0.3, -0.25) is 14.6 Å². The van der Waals surface area contributed by atoms with Gasteiger partial charge in [0, 0.05) is 38.3 Å². The van der Waals surface area contributed by atoms with Crippen molar-refractivity contribution in [3.05, 3.63) is 29.8 Å². The summed E-state index contributed by atoms with van der Waals surface area (Å²) in [6.07, 6.45) is 0. The molecule has 0 spiro atoms. The molecule has 2 rings (SSSR count). The Morgan fingerprint density at radius 2 is 1.95 bits per heavy atom. The van der Waals surface area contributed by atoms with Crippen molar-refractivity contribution >= 4 is 5.97 Å². The van der Waals surface area contributed by atoms with E-state index in [4.69, 9.17) is 9.84 Å². The molecule has 1 N–H and O–H groups in total. The minimum absolute atomic E-state index is 0.400. The van der Waals surface area contributed by atoms with Gasteiger partial charge < -0.3 is 9.84 Å². The molecule has 21 heavy (non-hydrogen) atoms.